The van der Waals surface area contributed by atoms with Crippen LogP contribution in [0.4, 0.5) is 0 Å². The Balaban J connectivity index is 1.65. The first-order valence-electron chi connectivity index (χ1n) is 9.72. The van der Waals surface area contributed by atoms with Crippen LogP contribution in [0, 0.1) is 46.8 Å². The Bertz CT molecular complexity index is 536. The topological polar surface area (TPSA) is 40.5 Å². The first-order valence-corrected chi connectivity index (χ1v) is 9.72. The minimum absolute atomic E-state index is 0.0727. The van der Waals surface area contributed by atoms with Crippen molar-refractivity contribution in [3.05, 3.63) is 0 Å². The summed E-state index contributed by atoms with van der Waals surface area (Å²) in [7, 11) is 0. The normalized spacial score (nSPS) is 58.7. The van der Waals surface area contributed by atoms with Crippen LogP contribution in [0.2, 0.25) is 0 Å². The van der Waals surface area contributed by atoms with Crippen LogP contribution in [0.1, 0.15) is 71.6 Å². The van der Waals surface area contributed by atoms with Gasteiger partial charge in [0.15, 0.2) is 0 Å². The zero-order valence-electron chi connectivity index (χ0n) is 14.7. The van der Waals surface area contributed by atoms with E-state index in [9.17, 15) is 10.2 Å². The molecule has 0 aromatic heterocycles. The van der Waals surface area contributed by atoms with Gasteiger partial charge in [0.05, 0.1) is 6.10 Å². The van der Waals surface area contributed by atoms with Gasteiger partial charge in [0.1, 0.15) is 5.60 Å². The number of terminal acetylenes is 1. The highest BCUT2D eigenvalue weighted by atomic mass is 16.3. The molecule has 0 spiro atoms. The summed E-state index contributed by atoms with van der Waals surface area (Å²) in [6.07, 6.45) is 15.6. The van der Waals surface area contributed by atoms with E-state index in [0.717, 1.165) is 43.9 Å². The van der Waals surface area contributed by atoms with E-state index in [1.165, 1.54) is 25.7 Å². The van der Waals surface area contributed by atoms with E-state index in [0.29, 0.717) is 17.3 Å². The van der Waals surface area contributed by atoms with Gasteiger partial charge in [-0.3, -0.25) is 0 Å². The third-order valence-electron chi connectivity index (χ3n) is 9.03. The molecule has 2 heteroatoms. The molecule has 0 unspecified atom stereocenters. The molecule has 0 heterocycles. The fourth-order valence-electron chi connectivity index (χ4n) is 7.49. The fraction of sp³-hybridized carbons (Fsp3) is 0.905. The van der Waals surface area contributed by atoms with Crippen molar-refractivity contribution in [2.45, 2.75) is 83.3 Å². The minimum atomic E-state index is -0.886. The first kappa shape index (κ1) is 16.0. The van der Waals surface area contributed by atoms with Crippen LogP contribution in [0.5, 0.6) is 0 Å². The largest absolute Gasteiger partial charge is 0.393 e. The van der Waals surface area contributed by atoms with E-state index < -0.39 is 5.60 Å². The first-order chi connectivity index (χ1) is 10.8. The summed E-state index contributed by atoms with van der Waals surface area (Å²) in [5.41, 5.74) is -0.566. The molecule has 4 fully saturated rings. The lowest BCUT2D eigenvalue weighted by molar-refractivity contribution is -0.144. The van der Waals surface area contributed by atoms with Gasteiger partial charge in [-0.25, -0.2) is 0 Å². The molecule has 0 radical (unpaired) electrons. The van der Waals surface area contributed by atoms with Gasteiger partial charge >= 0.3 is 0 Å². The zero-order valence-corrected chi connectivity index (χ0v) is 14.7. The number of rotatable bonds is 0. The van der Waals surface area contributed by atoms with Crippen molar-refractivity contribution in [1.29, 1.82) is 0 Å². The van der Waals surface area contributed by atoms with E-state index in [4.69, 9.17) is 6.42 Å². The molecule has 0 saturated heterocycles. The van der Waals surface area contributed by atoms with Gasteiger partial charge in [0.2, 0.25) is 0 Å². The fourth-order valence-corrected chi connectivity index (χ4v) is 7.49. The van der Waals surface area contributed by atoms with Gasteiger partial charge in [-0.2, -0.15) is 0 Å². The predicted molar refractivity (Wildman–Crippen MR) is 91.5 cm³/mol. The second kappa shape index (κ2) is 4.99. The monoisotopic (exact) mass is 316 g/mol. The summed E-state index contributed by atoms with van der Waals surface area (Å²) in [6, 6.07) is 0. The molecule has 0 aliphatic heterocycles. The highest BCUT2D eigenvalue weighted by Gasteiger charge is 2.64. The summed E-state index contributed by atoms with van der Waals surface area (Å²) < 4.78 is 0. The summed E-state index contributed by atoms with van der Waals surface area (Å²) in [5.74, 6) is 5.56. The summed E-state index contributed by atoms with van der Waals surface area (Å²) >= 11 is 0. The van der Waals surface area contributed by atoms with Crippen LogP contribution in [0.15, 0.2) is 0 Å². The van der Waals surface area contributed by atoms with E-state index in [2.05, 4.69) is 19.8 Å². The minimum Gasteiger partial charge on any atom is -0.393 e. The van der Waals surface area contributed by atoms with E-state index >= 15 is 0 Å². The quantitative estimate of drug-likeness (QED) is 0.668. The van der Waals surface area contributed by atoms with Crippen molar-refractivity contribution >= 4 is 0 Å². The second-order valence-electron chi connectivity index (χ2n) is 9.58. The average Bonchev–Trinajstić information content (AvgIpc) is 2.80. The molecule has 128 valence electrons. The maximum absolute atomic E-state index is 11.0. The van der Waals surface area contributed by atoms with Crippen LogP contribution in [0.3, 0.4) is 0 Å². The Morgan fingerprint density at radius 2 is 1.70 bits per heavy atom. The molecule has 2 nitrogen and oxygen atoms in total. The SMILES string of the molecule is C#C[C@]1(O)CC[C@H]2[C@@H]3CC[C@@H]4C[C@H](O)CC[C@]4(C)[C@H]3CC[C@@]21C. The summed E-state index contributed by atoms with van der Waals surface area (Å²) in [5, 5.41) is 21.1. The van der Waals surface area contributed by atoms with Crippen molar-refractivity contribution in [1.82, 2.24) is 0 Å². The van der Waals surface area contributed by atoms with E-state index in [1.54, 1.807) is 0 Å². The second-order valence-corrected chi connectivity index (χ2v) is 9.58. The van der Waals surface area contributed by atoms with Gasteiger partial charge < -0.3 is 10.2 Å². The Hall–Kier alpha value is -0.520. The van der Waals surface area contributed by atoms with Crippen molar-refractivity contribution < 1.29 is 10.2 Å². The maximum Gasteiger partial charge on any atom is 0.130 e. The van der Waals surface area contributed by atoms with Crippen LogP contribution >= 0.6 is 0 Å². The Kier molecular flexibility index (Phi) is 3.47. The maximum atomic E-state index is 11.0. The number of hydrogen-bond acceptors (Lipinski definition) is 2. The Morgan fingerprint density at radius 3 is 2.43 bits per heavy atom. The lowest BCUT2D eigenvalue weighted by atomic mass is 9.44. The van der Waals surface area contributed by atoms with Gasteiger partial charge in [-0.15, -0.1) is 6.42 Å². The van der Waals surface area contributed by atoms with Crippen molar-refractivity contribution in [3.63, 3.8) is 0 Å². The van der Waals surface area contributed by atoms with Crippen LogP contribution < -0.4 is 0 Å². The number of aliphatic hydroxyl groups excluding tert-OH is 1. The Labute approximate surface area is 141 Å². The molecule has 0 bridgehead atoms. The molecule has 0 aromatic carbocycles. The molecule has 4 aliphatic rings. The Morgan fingerprint density at radius 1 is 0.957 bits per heavy atom. The van der Waals surface area contributed by atoms with E-state index in [-0.39, 0.29) is 11.5 Å². The molecule has 4 rings (SSSR count). The molecular weight excluding hydrogens is 284 g/mol. The molecular formula is C21H32O2. The lowest BCUT2D eigenvalue weighted by Gasteiger charge is -2.61. The van der Waals surface area contributed by atoms with Gasteiger partial charge in [0.25, 0.3) is 0 Å². The summed E-state index contributed by atoms with van der Waals surface area (Å²) in [6.45, 7) is 4.77. The smallest absolute Gasteiger partial charge is 0.130 e. The van der Waals surface area contributed by atoms with E-state index in [1.807, 2.05) is 0 Å². The number of aliphatic hydroxyl groups is 2. The van der Waals surface area contributed by atoms with Crippen LogP contribution in [0.25, 0.3) is 0 Å². The molecule has 0 amide bonds. The van der Waals surface area contributed by atoms with Crippen LogP contribution in [-0.4, -0.2) is 21.9 Å². The lowest BCUT2D eigenvalue weighted by Crippen LogP contribution is -2.56. The zero-order chi connectivity index (χ0) is 16.5. The molecule has 8 atom stereocenters. The van der Waals surface area contributed by atoms with Gasteiger partial charge in [-0.05, 0) is 86.9 Å². The third-order valence-corrected chi connectivity index (χ3v) is 9.03. The predicted octanol–water partition coefficient (Wildman–Crippen LogP) is 3.75. The molecule has 4 aliphatic carbocycles. The molecule has 23 heavy (non-hydrogen) atoms. The average molecular weight is 316 g/mol. The molecule has 0 aromatic rings. The van der Waals surface area contributed by atoms with Crippen molar-refractivity contribution in [2.75, 3.05) is 0 Å². The summed E-state index contributed by atoms with van der Waals surface area (Å²) in [4.78, 5) is 0. The van der Waals surface area contributed by atoms with Crippen LogP contribution in [-0.2, 0) is 0 Å². The van der Waals surface area contributed by atoms with Gasteiger partial charge in [0, 0.05) is 5.41 Å². The highest BCUT2D eigenvalue weighted by molar-refractivity contribution is 5.23. The number of fused-ring (bicyclic) bond motifs is 5. The highest BCUT2D eigenvalue weighted by Crippen LogP contribution is 2.68. The van der Waals surface area contributed by atoms with Gasteiger partial charge in [-0.1, -0.05) is 19.8 Å². The van der Waals surface area contributed by atoms with Crippen molar-refractivity contribution in [3.8, 4) is 12.3 Å². The third kappa shape index (κ3) is 1.96. The number of hydrogen-bond donors (Lipinski definition) is 2. The standard InChI is InChI=1S/C21H32O2/c1-4-21(23)12-9-18-16-6-5-14-13-15(22)7-10-19(14,2)17(16)8-11-20(18,21)3/h1,14-18,22-23H,5-13H2,2-3H3/t14-,15-,16-,17+,18+,19+,20+,21+/m1/s1. The molecule has 4 saturated carbocycles. The molecule has 2 N–H and O–H groups in total. The van der Waals surface area contributed by atoms with Crippen molar-refractivity contribution in [2.24, 2.45) is 34.5 Å².